The van der Waals surface area contributed by atoms with E-state index in [1.807, 2.05) is 0 Å². The molecule has 0 aliphatic carbocycles. The summed E-state index contributed by atoms with van der Waals surface area (Å²) in [6, 6.07) is 0. The average molecular weight is 241 g/mol. The van der Waals surface area contributed by atoms with E-state index in [9.17, 15) is 9.59 Å². The molecule has 0 bridgehead atoms. The molecular formula is C13H23NO3. The molecule has 1 rings (SSSR count). The number of hydrogen-bond donors (Lipinski definition) is 1. The third-order valence-electron chi connectivity index (χ3n) is 3.70. The smallest absolute Gasteiger partial charge is 0.318 e. The van der Waals surface area contributed by atoms with Crippen molar-refractivity contribution in [3.05, 3.63) is 0 Å². The molecule has 1 N–H and O–H groups in total. The lowest BCUT2D eigenvalue weighted by Crippen LogP contribution is -2.45. The van der Waals surface area contributed by atoms with Gasteiger partial charge in [0, 0.05) is 13.1 Å². The minimum absolute atomic E-state index is 0.252. The molecule has 1 aliphatic heterocycles. The number of carbonyl (C=O) groups is 2. The molecule has 1 aliphatic rings. The highest BCUT2D eigenvalue weighted by Crippen LogP contribution is 2.31. The number of carboxylic acids is 1. The second kappa shape index (κ2) is 4.67. The molecule has 1 heterocycles. The summed E-state index contributed by atoms with van der Waals surface area (Å²) in [5, 5.41) is 9.07. The Hall–Kier alpha value is -1.06. The fraction of sp³-hybridized carbons (Fsp3) is 0.846. The lowest BCUT2D eigenvalue weighted by molar-refractivity contribution is -0.158. The third kappa shape index (κ3) is 3.20. The molecule has 1 fully saturated rings. The highest BCUT2D eigenvalue weighted by atomic mass is 16.4. The Balaban J connectivity index is 2.74. The van der Waals surface area contributed by atoms with Crippen LogP contribution in [-0.2, 0) is 9.59 Å². The van der Waals surface area contributed by atoms with Gasteiger partial charge in [-0.1, -0.05) is 13.8 Å². The van der Waals surface area contributed by atoms with Crippen LogP contribution in [-0.4, -0.2) is 35.0 Å². The molecule has 0 aromatic carbocycles. The van der Waals surface area contributed by atoms with Crippen molar-refractivity contribution in [3.63, 3.8) is 0 Å². The number of aliphatic carboxylic acids is 1. The van der Waals surface area contributed by atoms with Crippen molar-refractivity contribution in [2.75, 3.05) is 13.1 Å². The Kier molecular flexibility index (Phi) is 3.84. The van der Waals surface area contributed by atoms with E-state index >= 15 is 0 Å². The summed E-state index contributed by atoms with van der Waals surface area (Å²) in [4.78, 5) is 25.0. The molecule has 0 aromatic heterocycles. The number of amides is 1. The molecule has 0 unspecified atom stereocenters. The van der Waals surface area contributed by atoms with Gasteiger partial charge in [0.1, 0.15) is 5.41 Å². The van der Waals surface area contributed by atoms with E-state index in [4.69, 9.17) is 5.11 Å². The predicted octanol–water partition coefficient (Wildman–Crippen LogP) is 2.14. The van der Waals surface area contributed by atoms with Crippen molar-refractivity contribution in [3.8, 4) is 0 Å². The van der Waals surface area contributed by atoms with E-state index in [1.165, 1.54) is 13.8 Å². The van der Waals surface area contributed by atoms with E-state index in [2.05, 4.69) is 13.8 Å². The maximum atomic E-state index is 12.2. The maximum absolute atomic E-state index is 12.2. The third-order valence-corrected chi connectivity index (χ3v) is 3.70. The lowest BCUT2D eigenvalue weighted by Gasteiger charge is -2.29. The molecule has 0 atom stereocenters. The summed E-state index contributed by atoms with van der Waals surface area (Å²) in [6.45, 7) is 8.70. The van der Waals surface area contributed by atoms with Gasteiger partial charge in [-0.05, 0) is 38.5 Å². The number of likely N-dealkylation sites (tertiary alicyclic amines) is 1. The second-order valence-corrected chi connectivity index (χ2v) is 6.24. The van der Waals surface area contributed by atoms with E-state index in [-0.39, 0.29) is 11.3 Å². The van der Waals surface area contributed by atoms with Gasteiger partial charge in [-0.3, -0.25) is 9.59 Å². The fourth-order valence-corrected chi connectivity index (χ4v) is 2.11. The summed E-state index contributed by atoms with van der Waals surface area (Å²) in [7, 11) is 0. The number of hydrogen-bond acceptors (Lipinski definition) is 2. The van der Waals surface area contributed by atoms with E-state index in [0.29, 0.717) is 13.1 Å². The van der Waals surface area contributed by atoms with Gasteiger partial charge in [0.15, 0.2) is 0 Å². The largest absolute Gasteiger partial charge is 0.480 e. The van der Waals surface area contributed by atoms with Crippen molar-refractivity contribution in [1.29, 1.82) is 0 Å². The normalized spacial score (nSPS) is 20.8. The topological polar surface area (TPSA) is 57.6 Å². The van der Waals surface area contributed by atoms with Crippen LogP contribution in [0.3, 0.4) is 0 Å². The number of carboxylic acid groups (broad SMARTS) is 1. The maximum Gasteiger partial charge on any atom is 0.318 e. The van der Waals surface area contributed by atoms with Crippen molar-refractivity contribution < 1.29 is 14.7 Å². The van der Waals surface area contributed by atoms with Crippen LogP contribution in [0.4, 0.5) is 0 Å². The van der Waals surface area contributed by atoms with Crippen LogP contribution < -0.4 is 0 Å². The Morgan fingerprint density at radius 2 is 1.76 bits per heavy atom. The Bertz CT molecular complexity index is 321. The van der Waals surface area contributed by atoms with Crippen molar-refractivity contribution in [2.45, 2.75) is 47.0 Å². The highest BCUT2D eigenvalue weighted by molar-refractivity contribution is 6.00. The number of carbonyl (C=O) groups excluding carboxylic acids is 1. The SMILES string of the molecule is CC1(C)CCCN(C(=O)C(C)(C)C(=O)O)CC1. The van der Waals surface area contributed by atoms with E-state index in [0.717, 1.165) is 19.3 Å². The zero-order valence-electron chi connectivity index (χ0n) is 11.2. The van der Waals surface area contributed by atoms with Crippen LogP contribution in [0.5, 0.6) is 0 Å². The molecule has 4 nitrogen and oxygen atoms in total. The first-order valence-corrected chi connectivity index (χ1v) is 6.20. The molecule has 17 heavy (non-hydrogen) atoms. The van der Waals surface area contributed by atoms with Crippen molar-refractivity contribution in [1.82, 2.24) is 4.90 Å². The fourth-order valence-electron chi connectivity index (χ4n) is 2.11. The van der Waals surface area contributed by atoms with Crippen molar-refractivity contribution >= 4 is 11.9 Å². The summed E-state index contributed by atoms with van der Waals surface area (Å²) in [6.07, 6.45) is 2.98. The average Bonchev–Trinajstić information content (AvgIpc) is 2.38. The molecule has 0 spiro atoms. The molecular weight excluding hydrogens is 218 g/mol. The zero-order valence-corrected chi connectivity index (χ0v) is 11.2. The lowest BCUT2D eigenvalue weighted by atomic mass is 9.85. The first kappa shape index (κ1) is 14.0. The summed E-state index contributed by atoms with van der Waals surface area (Å²) < 4.78 is 0. The summed E-state index contributed by atoms with van der Waals surface area (Å²) in [5.74, 6) is -1.31. The Morgan fingerprint density at radius 1 is 1.18 bits per heavy atom. The molecule has 0 saturated carbocycles. The van der Waals surface area contributed by atoms with Gasteiger partial charge in [0.2, 0.25) is 5.91 Å². The van der Waals surface area contributed by atoms with Crippen LogP contribution in [0, 0.1) is 10.8 Å². The molecule has 1 amide bonds. The summed E-state index contributed by atoms with van der Waals surface area (Å²) in [5.41, 5.74) is -1.06. The van der Waals surface area contributed by atoms with Crippen LogP contribution in [0.1, 0.15) is 47.0 Å². The van der Waals surface area contributed by atoms with Gasteiger partial charge in [0.25, 0.3) is 0 Å². The minimum Gasteiger partial charge on any atom is -0.480 e. The first-order chi connectivity index (χ1) is 7.67. The monoisotopic (exact) mass is 241 g/mol. The Labute approximate surface area is 103 Å². The standard InChI is InChI=1S/C13H23NO3/c1-12(2)6-5-8-14(9-7-12)10(15)13(3,4)11(16)17/h5-9H2,1-4H3,(H,16,17). The minimum atomic E-state index is -1.31. The molecule has 0 radical (unpaired) electrons. The van der Waals surface area contributed by atoms with Gasteiger partial charge in [-0.25, -0.2) is 0 Å². The summed E-state index contributed by atoms with van der Waals surface area (Å²) >= 11 is 0. The second-order valence-electron chi connectivity index (χ2n) is 6.24. The van der Waals surface area contributed by atoms with Gasteiger partial charge in [0.05, 0.1) is 0 Å². The van der Waals surface area contributed by atoms with Crippen LogP contribution in [0.2, 0.25) is 0 Å². The van der Waals surface area contributed by atoms with Gasteiger partial charge >= 0.3 is 5.97 Å². The molecule has 0 aromatic rings. The molecule has 1 saturated heterocycles. The molecule has 98 valence electrons. The van der Waals surface area contributed by atoms with Crippen LogP contribution >= 0.6 is 0 Å². The number of nitrogens with zero attached hydrogens (tertiary/aromatic N) is 1. The number of rotatable bonds is 2. The highest BCUT2D eigenvalue weighted by Gasteiger charge is 2.40. The van der Waals surface area contributed by atoms with Crippen LogP contribution in [0.25, 0.3) is 0 Å². The van der Waals surface area contributed by atoms with E-state index in [1.54, 1.807) is 4.90 Å². The van der Waals surface area contributed by atoms with Crippen molar-refractivity contribution in [2.24, 2.45) is 10.8 Å². The zero-order chi connectivity index (χ0) is 13.3. The van der Waals surface area contributed by atoms with Crippen LogP contribution in [0.15, 0.2) is 0 Å². The molecule has 4 heteroatoms. The Morgan fingerprint density at radius 3 is 2.29 bits per heavy atom. The quantitative estimate of drug-likeness (QED) is 0.753. The van der Waals surface area contributed by atoms with Gasteiger partial charge in [-0.2, -0.15) is 0 Å². The predicted molar refractivity (Wildman–Crippen MR) is 65.6 cm³/mol. The van der Waals surface area contributed by atoms with E-state index < -0.39 is 11.4 Å². The van der Waals surface area contributed by atoms with Gasteiger partial charge in [-0.15, -0.1) is 0 Å². The first-order valence-electron chi connectivity index (χ1n) is 6.20. The van der Waals surface area contributed by atoms with Gasteiger partial charge < -0.3 is 10.0 Å².